The summed E-state index contributed by atoms with van der Waals surface area (Å²) < 4.78 is 0. The van der Waals surface area contributed by atoms with Gasteiger partial charge < -0.3 is 0 Å². The Kier molecular flexibility index (Phi) is 8.64. The van der Waals surface area contributed by atoms with Gasteiger partial charge in [0.2, 0.25) is 0 Å². The lowest BCUT2D eigenvalue weighted by molar-refractivity contribution is 0.660. The summed E-state index contributed by atoms with van der Waals surface area (Å²) in [6.45, 7) is 9.55. The summed E-state index contributed by atoms with van der Waals surface area (Å²) in [5.74, 6) is 0. The number of benzene rings is 8. The Morgan fingerprint density at radius 1 is 0.257 bits per heavy atom. The molecule has 4 heterocycles. The van der Waals surface area contributed by atoms with Crippen LogP contribution in [0.5, 0.6) is 0 Å². The fourth-order valence-corrected chi connectivity index (χ4v) is 12.0. The molecule has 0 unspecified atom stereocenters. The highest BCUT2D eigenvalue weighted by Gasteiger charge is 2.38. The van der Waals surface area contributed by atoms with Gasteiger partial charge in [-0.25, -0.2) is 0 Å². The van der Waals surface area contributed by atoms with Crippen molar-refractivity contribution < 1.29 is 0 Å². The second kappa shape index (κ2) is 14.9. The summed E-state index contributed by atoms with van der Waals surface area (Å²) in [6, 6.07) is 67.4. The van der Waals surface area contributed by atoms with Crippen LogP contribution in [0.1, 0.15) is 49.9 Å². The van der Waals surface area contributed by atoms with Crippen LogP contribution in [0, 0.1) is 0 Å². The van der Waals surface area contributed by atoms with E-state index in [4.69, 9.17) is 9.97 Å². The Balaban J connectivity index is 0.774. The molecule has 4 aromatic heterocycles. The molecule has 8 aromatic carbocycles. The summed E-state index contributed by atoms with van der Waals surface area (Å²) in [5, 5.41) is 4.41. The zero-order valence-electron chi connectivity index (χ0n) is 39.4. The monoisotopic (exact) mass is 894 g/mol. The SMILES string of the molecule is CC1(C)c2cc(-c3cccc(-c4cc5cccnc5c5ncccc45)c3)ccc2-c2ccc(-c3ccc4c(c3)C(C)(C)c3cc(-c5cccc(-c6cc7cccnc7c7ncccc67)c5)ccc3-4)cc21. The van der Waals surface area contributed by atoms with Crippen molar-refractivity contribution in [3.63, 3.8) is 0 Å². The Morgan fingerprint density at radius 2 is 0.571 bits per heavy atom. The van der Waals surface area contributed by atoms with E-state index in [9.17, 15) is 0 Å². The van der Waals surface area contributed by atoms with Gasteiger partial charge in [-0.3, -0.25) is 19.9 Å². The normalized spacial score (nSPS) is 13.9. The van der Waals surface area contributed by atoms with Crippen molar-refractivity contribution in [2.45, 2.75) is 38.5 Å². The highest BCUT2D eigenvalue weighted by atomic mass is 14.7. The number of hydrogen-bond donors (Lipinski definition) is 0. The molecular weight excluding hydrogens is 849 g/mol. The molecule has 0 N–H and O–H groups in total. The maximum absolute atomic E-state index is 4.78. The van der Waals surface area contributed by atoms with Crippen LogP contribution in [-0.2, 0) is 10.8 Å². The van der Waals surface area contributed by atoms with Crippen LogP contribution in [0.4, 0.5) is 0 Å². The van der Waals surface area contributed by atoms with Crippen LogP contribution in [0.25, 0.3) is 122 Å². The Bertz CT molecular complexity index is 3930. The van der Waals surface area contributed by atoms with Crippen LogP contribution in [0.3, 0.4) is 0 Å². The molecule has 14 rings (SSSR count). The van der Waals surface area contributed by atoms with Crippen molar-refractivity contribution in [2.24, 2.45) is 0 Å². The van der Waals surface area contributed by atoms with E-state index in [2.05, 4.69) is 195 Å². The van der Waals surface area contributed by atoms with E-state index < -0.39 is 0 Å². The summed E-state index contributed by atoms with van der Waals surface area (Å²) in [7, 11) is 0. The summed E-state index contributed by atoms with van der Waals surface area (Å²) in [5.41, 5.74) is 26.1. The molecule has 0 spiro atoms. The minimum Gasteiger partial charge on any atom is -0.254 e. The lowest BCUT2D eigenvalue weighted by Crippen LogP contribution is -2.15. The van der Waals surface area contributed by atoms with Gasteiger partial charge in [-0.05, 0) is 173 Å². The molecule has 330 valence electrons. The zero-order valence-corrected chi connectivity index (χ0v) is 39.4. The number of pyridine rings is 4. The number of hydrogen-bond acceptors (Lipinski definition) is 4. The van der Waals surface area contributed by atoms with Gasteiger partial charge >= 0.3 is 0 Å². The first-order valence-electron chi connectivity index (χ1n) is 24.2. The summed E-state index contributed by atoms with van der Waals surface area (Å²) in [6.07, 6.45) is 7.41. The fraction of sp³-hybridized carbons (Fsp3) is 0.0909. The summed E-state index contributed by atoms with van der Waals surface area (Å²) in [4.78, 5) is 18.9. The molecule has 2 aliphatic carbocycles. The van der Waals surface area contributed by atoms with Crippen molar-refractivity contribution in [3.05, 3.63) is 229 Å². The van der Waals surface area contributed by atoms with Gasteiger partial charge in [-0.1, -0.05) is 137 Å². The van der Waals surface area contributed by atoms with Crippen molar-refractivity contribution in [1.29, 1.82) is 0 Å². The van der Waals surface area contributed by atoms with Crippen molar-refractivity contribution in [1.82, 2.24) is 19.9 Å². The lowest BCUT2D eigenvalue weighted by Gasteiger charge is -2.24. The molecule has 0 saturated heterocycles. The molecule has 70 heavy (non-hydrogen) atoms. The first-order valence-corrected chi connectivity index (χ1v) is 24.2. The number of rotatable bonds is 5. The standard InChI is InChI=1S/C66H46N4/c1-65(2)57-35-41(39-11-5-13-45(31-39)55-33-47-15-7-27-67-61(47)63-53(55)17-9-29-69-63)19-23-49(57)51-25-21-43(37-59(51)65)44-22-26-52-50-24-20-42(36-58(50)66(3,4)60(52)38-44)40-12-6-14-46(32-40)56-34-48-16-8-28-68-62(48)64-54(56)18-10-30-70-64/h5-38H,1-4H3. The van der Waals surface area contributed by atoms with Gasteiger partial charge in [0.1, 0.15) is 0 Å². The maximum Gasteiger partial charge on any atom is 0.0970 e. The van der Waals surface area contributed by atoms with Gasteiger partial charge in [0, 0.05) is 57.2 Å². The van der Waals surface area contributed by atoms with E-state index >= 15 is 0 Å². The minimum absolute atomic E-state index is 0.184. The van der Waals surface area contributed by atoms with Crippen LogP contribution in [-0.4, -0.2) is 19.9 Å². The molecule has 0 amide bonds. The topological polar surface area (TPSA) is 51.6 Å². The average molecular weight is 895 g/mol. The van der Waals surface area contributed by atoms with E-state index in [1.165, 1.54) is 100 Å². The van der Waals surface area contributed by atoms with Crippen molar-refractivity contribution in [3.8, 4) is 77.9 Å². The molecule has 0 radical (unpaired) electrons. The van der Waals surface area contributed by atoms with E-state index in [1.54, 1.807) is 0 Å². The van der Waals surface area contributed by atoms with Gasteiger partial charge in [0.05, 0.1) is 22.1 Å². The van der Waals surface area contributed by atoms with E-state index in [-0.39, 0.29) is 10.8 Å². The quantitative estimate of drug-likeness (QED) is 0.162. The predicted octanol–water partition coefficient (Wildman–Crippen LogP) is 16.8. The second-order valence-corrected chi connectivity index (χ2v) is 20.3. The molecule has 2 aliphatic rings. The first-order chi connectivity index (χ1) is 34.2. The maximum atomic E-state index is 4.78. The smallest absolute Gasteiger partial charge is 0.0970 e. The Labute approximate surface area is 407 Å². The van der Waals surface area contributed by atoms with E-state index in [0.717, 1.165) is 43.6 Å². The summed E-state index contributed by atoms with van der Waals surface area (Å²) >= 11 is 0. The zero-order chi connectivity index (χ0) is 46.9. The molecule has 0 bridgehead atoms. The average Bonchev–Trinajstić information content (AvgIpc) is 3.78. The van der Waals surface area contributed by atoms with E-state index in [0.29, 0.717) is 0 Å². The van der Waals surface area contributed by atoms with Gasteiger partial charge in [-0.15, -0.1) is 0 Å². The second-order valence-electron chi connectivity index (χ2n) is 20.3. The molecule has 4 nitrogen and oxygen atoms in total. The van der Waals surface area contributed by atoms with Crippen LogP contribution >= 0.6 is 0 Å². The third-order valence-corrected chi connectivity index (χ3v) is 15.6. The number of nitrogens with zero attached hydrogens (tertiary/aromatic N) is 4. The van der Waals surface area contributed by atoms with Crippen LogP contribution < -0.4 is 0 Å². The fourth-order valence-electron chi connectivity index (χ4n) is 12.0. The molecule has 0 saturated carbocycles. The van der Waals surface area contributed by atoms with Gasteiger partial charge in [0.15, 0.2) is 0 Å². The van der Waals surface area contributed by atoms with Gasteiger partial charge in [0.25, 0.3) is 0 Å². The molecule has 12 aromatic rings. The molecular formula is C66H46N4. The minimum atomic E-state index is -0.184. The molecule has 4 heteroatoms. The molecule has 0 aliphatic heterocycles. The number of aromatic nitrogens is 4. The largest absolute Gasteiger partial charge is 0.254 e. The lowest BCUT2D eigenvalue weighted by atomic mass is 9.79. The van der Waals surface area contributed by atoms with Gasteiger partial charge in [-0.2, -0.15) is 0 Å². The highest BCUT2D eigenvalue weighted by molar-refractivity contribution is 6.11. The number of fused-ring (bicyclic) bond motifs is 12. The predicted molar refractivity (Wildman–Crippen MR) is 290 cm³/mol. The van der Waals surface area contributed by atoms with Crippen LogP contribution in [0.2, 0.25) is 0 Å². The van der Waals surface area contributed by atoms with Crippen LogP contribution in [0.15, 0.2) is 207 Å². The van der Waals surface area contributed by atoms with Crippen molar-refractivity contribution >= 4 is 43.6 Å². The Hall–Kier alpha value is -8.60. The highest BCUT2D eigenvalue weighted by Crippen LogP contribution is 2.53. The molecule has 0 atom stereocenters. The third kappa shape index (κ3) is 6.02. The molecule has 0 fully saturated rings. The first kappa shape index (κ1) is 40.5. The van der Waals surface area contributed by atoms with Crippen molar-refractivity contribution in [2.75, 3.05) is 0 Å². The Morgan fingerprint density at radius 3 is 0.943 bits per heavy atom. The van der Waals surface area contributed by atoms with E-state index in [1.807, 2.05) is 49.1 Å². The third-order valence-electron chi connectivity index (χ3n) is 15.6.